The standard InChI is InChI=1S/C23H27NO3.ClH/c1-5-6-9-17-12-21(25)27-23-16(4)22(26)18(11-19(17)23)13-24-20-10-7-8-14(2)15(20)3;/h7-8,10-12,24,26H,5-6,9,13H2,1-4H3;1H. The maximum atomic E-state index is 11.9. The highest BCUT2D eigenvalue weighted by Gasteiger charge is 2.15. The number of halogens is 1. The lowest BCUT2D eigenvalue weighted by molar-refractivity contribution is 0.462. The van der Waals surface area contributed by atoms with E-state index in [1.54, 1.807) is 13.0 Å². The van der Waals surface area contributed by atoms with Crippen molar-refractivity contribution in [3.8, 4) is 5.75 Å². The van der Waals surface area contributed by atoms with Gasteiger partial charge in [0.2, 0.25) is 0 Å². The van der Waals surface area contributed by atoms with Gasteiger partial charge in [-0.15, -0.1) is 12.4 Å². The maximum Gasteiger partial charge on any atom is 0.336 e. The summed E-state index contributed by atoms with van der Waals surface area (Å²) in [5.41, 5.74) is 6.00. The summed E-state index contributed by atoms with van der Waals surface area (Å²) in [7, 11) is 0. The van der Waals surface area contributed by atoms with Crippen molar-refractivity contribution in [3.63, 3.8) is 0 Å². The van der Waals surface area contributed by atoms with Gasteiger partial charge in [-0.25, -0.2) is 4.79 Å². The van der Waals surface area contributed by atoms with Gasteiger partial charge in [-0.1, -0.05) is 25.5 Å². The summed E-state index contributed by atoms with van der Waals surface area (Å²) in [6.07, 6.45) is 2.89. The lowest BCUT2D eigenvalue weighted by atomic mass is 9.98. The molecule has 0 unspecified atom stereocenters. The highest BCUT2D eigenvalue weighted by Crippen LogP contribution is 2.33. The fraction of sp³-hybridized carbons (Fsp3) is 0.348. The smallest absolute Gasteiger partial charge is 0.336 e. The molecule has 0 saturated heterocycles. The summed E-state index contributed by atoms with van der Waals surface area (Å²) in [5, 5.41) is 15.0. The molecule has 4 nitrogen and oxygen atoms in total. The highest BCUT2D eigenvalue weighted by atomic mass is 35.5. The molecular weight excluding hydrogens is 374 g/mol. The Hall–Kier alpha value is -2.46. The molecule has 3 aromatic rings. The van der Waals surface area contributed by atoms with Crippen LogP contribution in [0.5, 0.6) is 5.75 Å². The third-order valence-corrected chi connectivity index (χ3v) is 5.28. The average molecular weight is 402 g/mol. The van der Waals surface area contributed by atoms with Crippen LogP contribution in [0.4, 0.5) is 5.69 Å². The molecule has 1 heterocycles. The second kappa shape index (κ2) is 9.16. The third-order valence-electron chi connectivity index (χ3n) is 5.28. The average Bonchev–Trinajstić information content (AvgIpc) is 2.65. The van der Waals surface area contributed by atoms with Gasteiger partial charge in [0.25, 0.3) is 0 Å². The van der Waals surface area contributed by atoms with Gasteiger partial charge in [-0.05, 0) is 62.4 Å². The molecule has 0 aliphatic rings. The first-order valence-corrected chi connectivity index (χ1v) is 9.50. The van der Waals surface area contributed by atoms with Crippen LogP contribution >= 0.6 is 12.4 Å². The molecule has 0 fully saturated rings. The maximum absolute atomic E-state index is 11.9. The molecule has 28 heavy (non-hydrogen) atoms. The summed E-state index contributed by atoms with van der Waals surface area (Å²) in [6, 6.07) is 9.67. The number of phenolic OH excluding ortho intramolecular Hbond substituents is 1. The van der Waals surface area contributed by atoms with E-state index in [0.29, 0.717) is 17.7 Å². The number of rotatable bonds is 6. The summed E-state index contributed by atoms with van der Waals surface area (Å²) >= 11 is 0. The monoisotopic (exact) mass is 401 g/mol. The Bertz CT molecular complexity index is 1040. The Balaban J connectivity index is 0.00000280. The van der Waals surface area contributed by atoms with E-state index in [2.05, 4.69) is 32.2 Å². The molecular formula is C23H28ClNO3. The second-order valence-corrected chi connectivity index (χ2v) is 7.18. The summed E-state index contributed by atoms with van der Waals surface area (Å²) in [5.74, 6) is 0.177. The van der Waals surface area contributed by atoms with Crippen molar-refractivity contribution in [3.05, 3.63) is 68.6 Å². The number of aryl methyl sites for hydroxylation is 3. The fourth-order valence-corrected chi connectivity index (χ4v) is 3.42. The third kappa shape index (κ3) is 4.33. The number of phenols is 1. The van der Waals surface area contributed by atoms with Crippen LogP contribution in [0.1, 0.15) is 47.6 Å². The van der Waals surface area contributed by atoms with E-state index < -0.39 is 0 Å². The van der Waals surface area contributed by atoms with Gasteiger partial charge in [-0.2, -0.15) is 0 Å². The fourth-order valence-electron chi connectivity index (χ4n) is 3.42. The molecule has 0 aliphatic heterocycles. The first-order valence-electron chi connectivity index (χ1n) is 9.50. The number of benzene rings is 2. The minimum Gasteiger partial charge on any atom is -0.507 e. The number of fused-ring (bicyclic) bond motifs is 1. The number of unbranched alkanes of at least 4 members (excludes halogenated alkanes) is 1. The van der Waals surface area contributed by atoms with Crippen molar-refractivity contribution in [1.82, 2.24) is 0 Å². The quantitative estimate of drug-likeness (QED) is 0.512. The molecule has 2 aromatic carbocycles. The molecule has 150 valence electrons. The molecule has 0 saturated carbocycles. The molecule has 2 N–H and O–H groups in total. The Morgan fingerprint density at radius 2 is 1.82 bits per heavy atom. The van der Waals surface area contributed by atoms with Crippen LogP contribution in [-0.4, -0.2) is 5.11 Å². The van der Waals surface area contributed by atoms with Gasteiger partial charge in [-0.3, -0.25) is 0 Å². The number of anilines is 1. The Labute approximate surface area is 172 Å². The number of hydrogen-bond donors (Lipinski definition) is 2. The van der Waals surface area contributed by atoms with Crippen LogP contribution in [0, 0.1) is 20.8 Å². The first-order chi connectivity index (χ1) is 12.9. The van der Waals surface area contributed by atoms with E-state index in [9.17, 15) is 9.90 Å². The summed E-state index contributed by atoms with van der Waals surface area (Å²) in [6.45, 7) is 8.59. The van der Waals surface area contributed by atoms with Crippen molar-refractivity contribution in [2.24, 2.45) is 0 Å². The first kappa shape index (κ1) is 21.8. The van der Waals surface area contributed by atoms with Crippen LogP contribution in [-0.2, 0) is 13.0 Å². The highest BCUT2D eigenvalue weighted by molar-refractivity contribution is 5.86. The Morgan fingerprint density at radius 3 is 2.54 bits per heavy atom. The van der Waals surface area contributed by atoms with Crippen molar-refractivity contribution < 1.29 is 9.52 Å². The number of nitrogens with one attached hydrogen (secondary N) is 1. The van der Waals surface area contributed by atoms with Gasteiger partial charge in [0.15, 0.2) is 0 Å². The largest absolute Gasteiger partial charge is 0.507 e. The van der Waals surface area contributed by atoms with E-state index in [4.69, 9.17) is 4.42 Å². The van der Waals surface area contributed by atoms with Crippen LogP contribution in [0.15, 0.2) is 39.5 Å². The minimum absolute atomic E-state index is 0. The molecule has 1 aromatic heterocycles. The molecule has 0 atom stereocenters. The van der Waals surface area contributed by atoms with Crippen molar-refractivity contribution in [2.45, 2.75) is 53.5 Å². The normalized spacial score (nSPS) is 10.7. The van der Waals surface area contributed by atoms with Crippen LogP contribution in [0.2, 0.25) is 0 Å². The van der Waals surface area contributed by atoms with E-state index in [0.717, 1.165) is 41.5 Å². The second-order valence-electron chi connectivity index (χ2n) is 7.18. The molecule has 0 bridgehead atoms. The zero-order chi connectivity index (χ0) is 19.6. The van der Waals surface area contributed by atoms with E-state index >= 15 is 0 Å². The number of aromatic hydroxyl groups is 1. The van der Waals surface area contributed by atoms with Crippen molar-refractivity contribution in [1.29, 1.82) is 0 Å². The topological polar surface area (TPSA) is 62.5 Å². The lowest BCUT2D eigenvalue weighted by Crippen LogP contribution is -2.06. The summed E-state index contributed by atoms with van der Waals surface area (Å²) in [4.78, 5) is 11.9. The van der Waals surface area contributed by atoms with E-state index in [1.165, 1.54) is 11.1 Å². The zero-order valence-electron chi connectivity index (χ0n) is 16.9. The van der Waals surface area contributed by atoms with Gasteiger partial charge in [0.1, 0.15) is 11.3 Å². The van der Waals surface area contributed by atoms with Gasteiger partial charge >= 0.3 is 5.63 Å². The van der Waals surface area contributed by atoms with Crippen molar-refractivity contribution in [2.75, 3.05) is 5.32 Å². The van der Waals surface area contributed by atoms with Crippen LogP contribution in [0.25, 0.3) is 11.0 Å². The predicted molar refractivity (Wildman–Crippen MR) is 118 cm³/mol. The van der Waals surface area contributed by atoms with Crippen LogP contribution in [0.3, 0.4) is 0 Å². The Morgan fingerprint density at radius 1 is 1.07 bits per heavy atom. The molecule has 0 aliphatic carbocycles. The van der Waals surface area contributed by atoms with Crippen LogP contribution < -0.4 is 10.9 Å². The van der Waals surface area contributed by atoms with Gasteiger partial charge in [0, 0.05) is 34.8 Å². The predicted octanol–water partition coefficient (Wildman–Crippen LogP) is 5.80. The minimum atomic E-state index is -0.364. The van der Waals surface area contributed by atoms with E-state index in [-0.39, 0.29) is 23.8 Å². The molecule has 3 rings (SSSR count). The SMILES string of the molecule is CCCCc1cc(=O)oc2c(C)c(O)c(CNc3cccc(C)c3C)cc12.Cl. The Kier molecular flexibility index (Phi) is 7.14. The van der Waals surface area contributed by atoms with E-state index in [1.807, 2.05) is 18.2 Å². The summed E-state index contributed by atoms with van der Waals surface area (Å²) < 4.78 is 5.41. The molecule has 0 radical (unpaired) electrons. The lowest BCUT2D eigenvalue weighted by Gasteiger charge is -2.15. The van der Waals surface area contributed by atoms with Gasteiger partial charge in [0.05, 0.1) is 0 Å². The molecule has 0 spiro atoms. The molecule has 5 heteroatoms. The zero-order valence-corrected chi connectivity index (χ0v) is 17.7. The number of hydrogen-bond acceptors (Lipinski definition) is 4. The molecule has 0 amide bonds. The van der Waals surface area contributed by atoms with Gasteiger partial charge < -0.3 is 14.8 Å². The van der Waals surface area contributed by atoms with Crippen molar-refractivity contribution >= 4 is 29.1 Å².